The first-order valence-electron chi connectivity index (χ1n) is 9.91. The van der Waals surface area contributed by atoms with E-state index in [1.807, 2.05) is 24.3 Å². The van der Waals surface area contributed by atoms with Gasteiger partial charge in [-0.05, 0) is 67.3 Å². The number of amides is 1. The number of piperidine rings is 1. The normalized spacial score (nSPS) is 18.3. The van der Waals surface area contributed by atoms with Crippen LogP contribution in [0.15, 0.2) is 53.0 Å². The Morgan fingerprint density at radius 1 is 1.26 bits per heavy atom. The van der Waals surface area contributed by atoms with Crippen molar-refractivity contribution in [1.29, 1.82) is 0 Å². The fraction of sp³-hybridized carbons (Fsp3) is 0.409. The van der Waals surface area contributed by atoms with Crippen molar-refractivity contribution in [3.63, 3.8) is 0 Å². The number of ether oxygens (including phenoxy) is 2. The first-order valence-corrected chi connectivity index (χ1v) is 10.7. The standard InChI is InChI=1S/C22H24BrF3N2O3/c1-30-19-6-2-4-15(12-19)16-5-3-11-28(13-16)14-20(22(24,25)26)31-21(29)27-18-9-7-17(23)8-10-18/h2,4,6-10,12,16,20H,3,5,11,13-14H2,1H3,(H,27,29)/t16?,20-/m0/s1. The van der Waals surface area contributed by atoms with Gasteiger partial charge in [0.1, 0.15) is 5.75 Å². The SMILES string of the molecule is COc1cccc(C2CCCN(C[C@H](OC(=O)Nc3ccc(Br)cc3)C(F)(F)F)C2)c1. The van der Waals surface area contributed by atoms with Crippen LogP contribution < -0.4 is 10.1 Å². The molecular weight excluding hydrogens is 477 g/mol. The molecule has 0 bridgehead atoms. The van der Waals surface area contributed by atoms with Crippen LogP contribution in [0.3, 0.4) is 0 Å². The molecule has 1 aliphatic rings. The van der Waals surface area contributed by atoms with E-state index in [4.69, 9.17) is 9.47 Å². The summed E-state index contributed by atoms with van der Waals surface area (Å²) in [6.07, 6.45) is -6.37. The van der Waals surface area contributed by atoms with Gasteiger partial charge in [-0.25, -0.2) is 4.79 Å². The van der Waals surface area contributed by atoms with Crippen molar-refractivity contribution in [2.24, 2.45) is 0 Å². The number of carbonyl (C=O) groups excluding carboxylic acids is 1. The van der Waals surface area contributed by atoms with Gasteiger partial charge < -0.3 is 9.47 Å². The van der Waals surface area contributed by atoms with E-state index in [2.05, 4.69) is 21.2 Å². The molecule has 0 aromatic heterocycles. The molecule has 0 spiro atoms. The maximum absolute atomic E-state index is 13.6. The number of nitrogens with one attached hydrogen (secondary N) is 1. The van der Waals surface area contributed by atoms with Crippen LogP contribution in [0.5, 0.6) is 5.75 Å². The Morgan fingerprint density at radius 3 is 2.68 bits per heavy atom. The number of benzene rings is 2. The predicted molar refractivity (Wildman–Crippen MR) is 115 cm³/mol. The number of anilines is 1. The highest BCUT2D eigenvalue weighted by molar-refractivity contribution is 9.10. The van der Waals surface area contributed by atoms with Gasteiger partial charge in [0, 0.05) is 23.2 Å². The maximum Gasteiger partial charge on any atom is 0.426 e. The summed E-state index contributed by atoms with van der Waals surface area (Å²) in [5, 5.41) is 2.34. The van der Waals surface area contributed by atoms with Crippen LogP contribution in [-0.2, 0) is 4.74 Å². The fourth-order valence-corrected chi connectivity index (χ4v) is 3.91. The lowest BCUT2D eigenvalue weighted by molar-refractivity contribution is -0.207. The summed E-state index contributed by atoms with van der Waals surface area (Å²) < 4.78 is 51.6. The Labute approximate surface area is 187 Å². The van der Waals surface area contributed by atoms with E-state index in [0.717, 1.165) is 28.6 Å². The highest BCUT2D eigenvalue weighted by atomic mass is 79.9. The molecule has 0 aliphatic carbocycles. The number of halogens is 4. The Morgan fingerprint density at radius 2 is 2.00 bits per heavy atom. The quantitative estimate of drug-likeness (QED) is 0.543. The number of rotatable bonds is 6. The number of likely N-dealkylation sites (tertiary alicyclic amines) is 1. The third-order valence-corrected chi connectivity index (χ3v) is 5.73. The summed E-state index contributed by atoms with van der Waals surface area (Å²) in [5.41, 5.74) is 1.38. The van der Waals surface area contributed by atoms with Gasteiger partial charge in [0.25, 0.3) is 0 Å². The number of methoxy groups -OCH3 is 1. The van der Waals surface area contributed by atoms with Gasteiger partial charge in [-0.1, -0.05) is 28.1 Å². The fourth-order valence-electron chi connectivity index (χ4n) is 3.64. The summed E-state index contributed by atoms with van der Waals surface area (Å²) in [4.78, 5) is 13.8. The Hall–Kier alpha value is -2.26. The third kappa shape index (κ3) is 6.87. The van der Waals surface area contributed by atoms with E-state index in [0.29, 0.717) is 18.8 Å². The molecule has 0 saturated carbocycles. The molecule has 2 atom stereocenters. The van der Waals surface area contributed by atoms with Gasteiger partial charge in [-0.3, -0.25) is 10.2 Å². The molecule has 2 aromatic rings. The van der Waals surface area contributed by atoms with E-state index in [-0.39, 0.29) is 5.92 Å². The van der Waals surface area contributed by atoms with Gasteiger partial charge in [0.05, 0.1) is 7.11 Å². The summed E-state index contributed by atoms with van der Waals surface area (Å²) in [6.45, 7) is 0.569. The molecule has 3 rings (SSSR count). The van der Waals surface area contributed by atoms with E-state index >= 15 is 0 Å². The molecule has 1 aliphatic heterocycles. The molecule has 2 aromatic carbocycles. The van der Waals surface area contributed by atoms with Crippen LogP contribution in [0.25, 0.3) is 0 Å². The second-order valence-electron chi connectivity index (χ2n) is 7.44. The van der Waals surface area contributed by atoms with Crippen LogP contribution in [-0.4, -0.2) is 50.0 Å². The number of alkyl halides is 3. The smallest absolute Gasteiger partial charge is 0.426 e. The van der Waals surface area contributed by atoms with Crippen molar-refractivity contribution in [3.05, 3.63) is 58.6 Å². The zero-order chi connectivity index (χ0) is 22.4. The molecule has 5 nitrogen and oxygen atoms in total. The van der Waals surface area contributed by atoms with Crippen LogP contribution in [0.4, 0.5) is 23.7 Å². The molecule has 1 amide bonds. The Bertz CT molecular complexity index is 877. The number of hydrogen-bond acceptors (Lipinski definition) is 4. The topological polar surface area (TPSA) is 50.8 Å². The molecule has 31 heavy (non-hydrogen) atoms. The van der Waals surface area contributed by atoms with Crippen LogP contribution in [0.2, 0.25) is 0 Å². The second-order valence-corrected chi connectivity index (χ2v) is 8.36. The van der Waals surface area contributed by atoms with Gasteiger partial charge in [0.2, 0.25) is 6.10 Å². The van der Waals surface area contributed by atoms with Gasteiger partial charge >= 0.3 is 12.3 Å². The monoisotopic (exact) mass is 500 g/mol. The molecular formula is C22H24BrF3N2O3. The van der Waals surface area contributed by atoms with E-state index < -0.39 is 24.9 Å². The minimum absolute atomic E-state index is 0.0920. The zero-order valence-corrected chi connectivity index (χ0v) is 18.6. The predicted octanol–water partition coefficient (Wildman–Crippen LogP) is 5.82. The van der Waals surface area contributed by atoms with Gasteiger partial charge in [-0.15, -0.1) is 0 Å². The van der Waals surface area contributed by atoms with E-state index in [1.54, 1.807) is 36.3 Å². The highest BCUT2D eigenvalue weighted by Crippen LogP contribution is 2.31. The molecule has 1 N–H and O–H groups in total. The second kappa shape index (κ2) is 10.4. The van der Waals surface area contributed by atoms with Crippen LogP contribution >= 0.6 is 15.9 Å². The number of nitrogens with zero attached hydrogens (tertiary/aromatic N) is 1. The van der Waals surface area contributed by atoms with Crippen LogP contribution in [0.1, 0.15) is 24.3 Å². The largest absolute Gasteiger partial charge is 0.497 e. The Balaban J connectivity index is 1.63. The highest BCUT2D eigenvalue weighted by Gasteiger charge is 2.44. The Kier molecular flexibility index (Phi) is 7.83. The summed E-state index contributed by atoms with van der Waals surface area (Å²) in [7, 11) is 1.58. The third-order valence-electron chi connectivity index (χ3n) is 5.20. The van der Waals surface area contributed by atoms with Crippen molar-refractivity contribution >= 4 is 27.7 Å². The minimum atomic E-state index is -4.67. The summed E-state index contributed by atoms with van der Waals surface area (Å²) in [6, 6.07) is 14.1. The van der Waals surface area contributed by atoms with E-state index in [1.165, 1.54) is 0 Å². The first kappa shape index (κ1) is 23.4. The minimum Gasteiger partial charge on any atom is -0.497 e. The lowest BCUT2D eigenvalue weighted by Gasteiger charge is -2.35. The average molecular weight is 501 g/mol. The average Bonchev–Trinajstić information content (AvgIpc) is 2.74. The molecule has 1 fully saturated rings. The van der Waals surface area contributed by atoms with Crippen molar-refractivity contribution < 1.29 is 27.4 Å². The lowest BCUT2D eigenvalue weighted by atomic mass is 9.90. The maximum atomic E-state index is 13.6. The summed E-state index contributed by atoms with van der Waals surface area (Å²) in [5.74, 6) is 0.810. The van der Waals surface area contributed by atoms with E-state index in [9.17, 15) is 18.0 Å². The molecule has 1 heterocycles. The van der Waals surface area contributed by atoms with Crippen molar-refractivity contribution in [2.75, 3.05) is 32.1 Å². The molecule has 0 radical (unpaired) electrons. The van der Waals surface area contributed by atoms with Crippen LogP contribution in [0, 0.1) is 0 Å². The van der Waals surface area contributed by atoms with Crippen molar-refractivity contribution in [2.45, 2.75) is 31.0 Å². The van der Waals surface area contributed by atoms with Gasteiger partial charge in [-0.2, -0.15) is 13.2 Å². The number of hydrogen-bond donors (Lipinski definition) is 1. The van der Waals surface area contributed by atoms with Crippen molar-refractivity contribution in [1.82, 2.24) is 4.90 Å². The van der Waals surface area contributed by atoms with Crippen molar-refractivity contribution in [3.8, 4) is 5.75 Å². The molecule has 168 valence electrons. The zero-order valence-electron chi connectivity index (χ0n) is 17.0. The van der Waals surface area contributed by atoms with Gasteiger partial charge in [0.15, 0.2) is 0 Å². The number of carbonyl (C=O) groups is 1. The molecule has 9 heteroatoms. The first-order chi connectivity index (χ1) is 14.7. The molecule has 1 unspecified atom stereocenters. The molecule has 1 saturated heterocycles. The summed E-state index contributed by atoms with van der Waals surface area (Å²) >= 11 is 3.26. The lowest BCUT2D eigenvalue weighted by Crippen LogP contribution is -2.47.